The molecule has 1 unspecified atom stereocenters. The number of methoxy groups -OCH3 is 1. The van der Waals surface area contributed by atoms with Crippen LogP contribution in [0.25, 0.3) is 0 Å². The molecule has 0 heterocycles. The van der Waals surface area contributed by atoms with Crippen molar-refractivity contribution in [1.29, 1.82) is 0 Å². The molecule has 0 aliphatic rings. The van der Waals surface area contributed by atoms with Gasteiger partial charge in [-0.25, -0.2) is 4.79 Å². The van der Waals surface area contributed by atoms with E-state index >= 15 is 0 Å². The highest BCUT2D eigenvalue weighted by atomic mass is 32.1. The van der Waals surface area contributed by atoms with Gasteiger partial charge in [0.15, 0.2) is 0 Å². The summed E-state index contributed by atoms with van der Waals surface area (Å²) in [6, 6.07) is 5.65. The summed E-state index contributed by atoms with van der Waals surface area (Å²) in [5.41, 5.74) is 1.49. The van der Waals surface area contributed by atoms with Gasteiger partial charge in [-0.3, -0.25) is 0 Å². The van der Waals surface area contributed by atoms with Crippen molar-refractivity contribution >= 4 is 18.6 Å². The molecule has 0 aromatic heterocycles. The van der Waals surface area contributed by atoms with Gasteiger partial charge in [-0.2, -0.15) is 12.6 Å². The van der Waals surface area contributed by atoms with Crippen LogP contribution in [0.4, 0.5) is 0 Å². The number of thiol groups is 1. The Kier molecular flexibility index (Phi) is 18.2. The van der Waals surface area contributed by atoms with Crippen molar-refractivity contribution in [3.05, 3.63) is 29.3 Å². The Labute approximate surface area is 222 Å². The molecule has 3 nitrogen and oxygen atoms in total. The second-order valence-electron chi connectivity index (χ2n) is 10.1. The topological polar surface area (TPSA) is 35.5 Å². The van der Waals surface area contributed by atoms with E-state index < -0.39 is 0 Å². The van der Waals surface area contributed by atoms with Crippen molar-refractivity contribution in [3.8, 4) is 5.75 Å². The van der Waals surface area contributed by atoms with Crippen molar-refractivity contribution in [2.24, 2.45) is 0 Å². The predicted molar refractivity (Wildman–Crippen MR) is 154 cm³/mol. The molecule has 0 N–H and O–H groups in total. The fraction of sp³-hybridized carbons (Fsp3) is 0.774. The van der Waals surface area contributed by atoms with E-state index in [0.717, 1.165) is 37.0 Å². The summed E-state index contributed by atoms with van der Waals surface area (Å²) in [5, 5.41) is 0. The highest BCUT2D eigenvalue weighted by molar-refractivity contribution is 7.81. The minimum atomic E-state index is -0.389. The largest absolute Gasteiger partial charge is 0.496 e. The first-order valence-electron chi connectivity index (χ1n) is 14.6. The smallest absolute Gasteiger partial charge is 0.338 e. The zero-order valence-corrected chi connectivity index (χ0v) is 24.2. The quantitative estimate of drug-likeness (QED) is 0.0965. The van der Waals surface area contributed by atoms with Crippen LogP contribution < -0.4 is 4.74 Å². The van der Waals surface area contributed by atoms with Gasteiger partial charge >= 0.3 is 5.97 Å². The number of rotatable bonds is 22. The van der Waals surface area contributed by atoms with Crippen LogP contribution in [-0.2, 0) is 9.48 Å². The van der Waals surface area contributed by atoms with Crippen LogP contribution in [0.3, 0.4) is 0 Å². The highest BCUT2D eigenvalue weighted by Gasteiger charge is 2.34. The van der Waals surface area contributed by atoms with E-state index in [0.29, 0.717) is 12.2 Å². The SMILES string of the molecule is CCCCCCCCCCCCCCCCCC(S)(CCC)c1c(OC)cccc1C(=O)OCC. The summed E-state index contributed by atoms with van der Waals surface area (Å²) < 4.78 is 10.6. The molecule has 0 amide bonds. The fourth-order valence-corrected chi connectivity index (χ4v) is 5.75. The lowest BCUT2D eigenvalue weighted by atomic mass is 9.84. The minimum absolute atomic E-state index is 0.285. The average Bonchev–Trinajstić information content (AvgIpc) is 2.86. The Bertz CT molecular complexity index is 675. The van der Waals surface area contributed by atoms with Crippen LogP contribution in [0.1, 0.15) is 152 Å². The summed E-state index contributed by atoms with van der Waals surface area (Å²) >= 11 is 5.18. The number of unbranched alkanes of at least 4 members (excludes halogenated alkanes) is 14. The van der Waals surface area contributed by atoms with Gasteiger partial charge in [0.1, 0.15) is 5.75 Å². The molecule has 4 heteroatoms. The molecule has 1 rings (SSSR count). The van der Waals surface area contributed by atoms with E-state index in [-0.39, 0.29) is 10.7 Å². The third-order valence-corrected chi connectivity index (χ3v) is 7.74. The lowest BCUT2D eigenvalue weighted by molar-refractivity contribution is 0.0523. The molecule has 1 aromatic rings. The number of benzene rings is 1. The van der Waals surface area contributed by atoms with Crippen LogP contribution in [-0.4, -0.2) is 19.7 Å². The van der Waals surface area contributed by atoms with Crippen molar-refractivity contribution in [2.45, 2.75) is 141 Å². The number of ether oxygens (including phenoxy) is 2. The number of hydrogen-bond acceptors (Lipinski definition) is 4. The zero-order valence-electron chi connectivity index (χ0n) is 23.3. The van der Waals surface area contributed by atoms with E-state index in [1.165, 1.54) is 89.9 Å². The van der Waals surface area contributed by atoms with Gasteiger partial charge in [-0.05, 0) is 31.9 Å². The molecule has 202 valence electrons. The van der Waals surface area contributed by atoms with E-state index in [1.807, 2.05) is 25.1 Å². The third-order valence-electron chi connectivity index (χ3n) is 7.06. The Morgan fingerprint density at radius 1 is 0.743 bits per heavy atom. The van der Waals surface area contributed by atoms with Gasteiger partial charge in [0.25, 0.3) is 0 Å². The number of esters is 1. The maximum Gasteiger partial charge on any atom is 0.338 e. The first kappa shape index (κ1) is 31.9. The van der Waals surface area contributed by atoms with Gasteiger partial charge in [-0.1, -0.05) is 123 Å². The van der Waals surface area contributed by atoms with Gasteiger partial charge < -0.3 is 9.47 Å². The van der Waals surface area contributed by atoms with E-state index in [2.05, 4.69) is 13.8 Å². The molecule has 0 aliphatic carbocycles. The Balaban J connectivity index is 2.40. The summed E-state index contributed by atoms with van der Waals surface area (Å²) in [6.45, 7) is 6.66. The molecular formula is C31H54O3S. The molecule has 0 saturated heterocycles. The van der Waals surface area contributed by atoms with Crippen molar-refractivity contribution < 1.29 is 14.3 Å². The Hall–Kier alpha value is -1.16. The van der Waals surface area contributed by atoms with Crippen molar-refractivity contribution in [2.75, 3.05) is 13.7 Å². The summed E-state index contributed by atoms with van der Waals surface area (Å²) in [4.78, 5) is 12.7. The van der Waals surface area contributed by atoms with Gasteiger partial charge in [0.2, 0.25) is 0 Å². The first-order chi connectivity index (χ1) is 17.0. The maximum atomic E-state index is 12.7. The van der Waals surface area contributed by atoms with Crippen molar-refractivity contribution in [1.82, 2.24) is 0 Å². The zero-order chi connectivity index (χ0) is 25.8. The second kappa shape index (κ2) is 20.0. The molecule has 0 radical (unpaired) electrons. The summed E-state index contributed by atoms with van der Waals surface area (Å²) in [7, 11) is 1.67. The maximum absolute atomic E-state index is 12.7. The Morgan fingerprint density at radius 3 is 1.71 bits per heavy atom. The minimum Gasteiger partial charge on any atom is -0.496 e. The van der Waals surface area contributed by atoms with Crippen LogP contribution in [0, 0.1) is 0 Å². The normalized spacial score (nSPS) is 12.9. The van der Waals surface area contributed by atoms with Crippen LogP contribution in [0.15, 0.2) is 18.2 Å². The molecule has 1 atom stereocenters. The molecule has 0 spiro atoms. The van der Waals surface area contributed by atoms with Gasteiger partial charge in [-0.15, -0.1) is 0 Å². The monoisotopic (exact) mass is 506 g/mol. The highest BCUT2D eigenvalue weighted by Crippen LogP contribution is 2.45. The third kappa shape index (κ3) is 12.6. The van der Waals surface area contributed by atoms with Crippen LogP contribution >= 0.6 is 12.6 Å². The first-order valence-corrected chi connectivity index (χ1v) is 15.1. The summed E-state index contributed by atoms with van der Waals surface area (Å²) in [5.74, 6) is 0.451. The lowest BCUT2D eigenvalue weighted by Gasteiger charge is -2.32. The van der Waals surface area contributed by atoms with E-state index in [1.54, 1.807) is 7.11 Å². The Morgan fingerprint density at radius 2 is 1.26 bits per heavy atom. The second-order valence-corrected chi connectivity index (χ2v) is 10.9. The molecule has 0 aliphatic heterocycles. The summed E-state index contributed by atoms with van der Waals surface area (Å²) in [6.07, 6.45) is 23.2. The molecule has 0 bridgehead atoms. The lowest BCUT2D eigenvalue weighted by Crippen LogP contribution is -2.24. The van der Waals surface area contributed by atoms with Gasteiger partial charge in [0.05, 0.1) is 19.3 Å². The van der Waals surface area contributed by atoms with Gasteiger partial charge in [0, 0.05) is 10.3 Å². The standard InChI is InChI=1S/C31H54O3S/c1-5-8-9-10-11-12-13-14-15-16-17-18-19-20-21-26-31(35,25-6-2)29-27(30(32)34-7-3)23-22-24-28(29)33-4/h22-24,35H,5-21,25-26H2,1-4H3. The fourth-order valence-electron chi connectivity index (χ4n) is 5.14. The molecule has 0 saturated carbocycles. The molecule has 0 fully saturated rings. The predicted octanol–water partition coefficient (Wildman–Crippen LogP) is 10.1. The van der Waals surface area contributed by atoms with Crippen LogP contribution in [0.5, 0.6) is 5.75 Å². The van der Waals surface area contributed by atoms with Crippen LogP contribution in [0.2, 0.25) is 0 Å². The number of carbonyl (C=O) groups is 1. The number of carbonyl (C=O) groups excluding carboxylic acids is 1. The van der Waals surface area contributed by atoms with E-state index in [9.17, 15) is 4.79 Å². The molecular weight excluding hydrogens is 452 g/mol. The average molecular weight is 507 g/mol. The van der Waals surface area contributed by atoms with Crippen molar-refractivity contribution in [3.63, 3.8) is 0 Å². The molecule has 35 heavy (non-hydrogen) atoms. The molecule has 1 aromatic carbocycles. The number of hydrogen-bond donors (Lipinski definition) is 1. The van der Waals surface area contributed by atoms with E-state index in [4.69, 9.17) is 22.1 Å².